The van der Waals surface area contributed by atoms with Crippen LogP contribution in [0, 0.1) is 0 Å². The van der Waals surface area contributed by atoms with Gasteiger partial charge in [0.1, 0.15) is 5.69 Å². The van der Waals surface area contributed by atoms with Gasteiger partial charge in [0.15, 0.2) is 0 Å². The lowest BCUT2D eigenvalue weighted by molar-refractivity contribution is 0.0749. The Bertz CT molecular complexity index is 646. The number of hydrogen-bond acceptors (Lipinski definition) is 3. The van der Waals surface area contributed by atoms with E-state index >= 15 is 0 Å². The van der Waals surface area contributed by atoms with Crippen LogP contribution in [0.4, 0.5) is 11.4 Å². The summed E-state index contributed by atoms with van der Waals surface area (Å²) in [6.07, 6.45) is 4.62. The van der Waals surface area contributed by atoms with Crippen molar-refractivity contribution in [2.24, 2.45) is 0 Å². The molecule has 1 heterocycles. The highest BCUT2D eigenvalue weighted by Crippen LogP contribution is 2.21. The van der Waals surface area contributed by atoms with Gasteiger partial charge in [-0.2, -0.15) is 0 Å². The van der Waals surface area contributed by atoms with E-state index in [2.05, 4.69) is 43.2 Å². The Labute approximate surface area is 144 Å². The lowest BCUT2D eigenvalue weighted by Crippen LogP contribution is -2.33. The molecule has 0 atom stereocenters. The van der Waals surface area contributed by atoms with Gasteiger partial charge >= 0.3 is 0 Å². The fourth-order valence-electron chi connectivity index (χ4n) is 2.72. The molecule has 2 rings (SSSR count). The second-order valence-electron chi connectivity index (χ2n) is 5.86. The third-order valence-electron chi connectivity index (χ3n) is 3.93. The smallest absolute Gasteiger partial charge is 0.272 e. The number of anilines is 2. The molecule has 4 heteroatoms. The first-order valence-corrected chi connectivity index (χ1v) is 8.79. The van der Waals surface area contributed by atoms with Crippen LogP contribution in [0.2, 0.25) is 0 Å². The minimum Gasteiger partial charge on any atom is -0.354 e. The van der Waals surface area contributed by atoms with E-state index in [4.69, 9.17) is 0 Å². The number of aromatic nitrogens is 1. The molecule has 1 amide bonds. The largest absolute Gasteiger partial charge is 0.354 e. The quantitative estimate of drug-likeness (QED) is 0.768. The Hall–Kier alpha value is -2.36. The second kappa shape index (κ2) is 9.06. The number of carbonyl (C=O) groups excluding carboxylic acids is 1. The number of rotatable bonds is 8. The van der Waals surface area contributed by atoms with Gasteiger partial charge in [0, 0.05) is 18.8 Å². The maximum atomic E-state index is 12.5. The predicted molar refractivity (Wildman–Crippen MR) is 99.8 cm³/mol. The van der Waals surface area contributed by atoms with Crippen molar-refractivity contribution in [3.05, 3.63) is 53.9 Å². The third kappa shape index (κ3) is 4.57. The van der Waals surface area contributed by atoms with Gasteiger partial charge in [0.25, 0.3) is 5.91 Å². The van der Waals surface area contributed by atoms with Crippen LogP contribution in [0.15, 0.2) is 42.6 Å². The van der Waals surface area contributed by atoms with Gasteiger partial charge in [-0.15, -0.1) is 0 Å². The molecule has 128 valence electrons. The Kier molecular flexibility index (Phi) is 6.79. The number of nitrogens with zero attached hydrogens (tertiary/aromatic N) is 2. The fourth-order valence-corrected chi connectivity index (χ4v) is 2.72. The van der Waals surface area contributed by atoms with Crippen molar-refractivity contribution in [2.45, 2.75) is 40.0 Å². The third-order valence-corrected chi connectivity index (χ3v) is 3.93. The van der Waals surface area contributed by atoms with E-state index in [9.17, 15) is 4.79 Å². The average Bonchev–Trinajstić information content (AvgIpc) is 2.62. The van der Waals surface area contributed by atoms with E-state index < -0.39 is 0 Å². The summed E-state index contributed by atoms with van der Waals surface area (Å²) in [5, 5.41) is 3.38. The average molecular weight is 325 g/mol. The molecule has 0 fully saturated rings. The number of pyridine rings is 1. The molecule has 0 aliphatic heterocycles. The van der Waals surface area contributed by atoms with Gasteiger partial charge in [-0.3, -0.25) is 4.79 Å². The molecule has 1 aromatic carbocycles. The maximum absolute atomic E-state index is 12.5. The first-order chi connectivity index (χ1) is 11.7. The van der Waals surface area contributed by atoms with E-state index in [0.29, 0.717) is 5.69 Å². The number of para-hydroxylation sites is 1. The SMILES string of the molecule is CCCN(CCC)C(=O)c1ccc(Nc2ccccc2CC)cn1. The Morgan fingerprint density at radius 3 is 2.33 bits per heavy atom. The summed E-state index contributed by atoms with van der Waals surface area (Å²) in [5.74, 6) is 0.0132. The van der Waals surface area contributed by atoms with Gasteiger partial charge in [-0.25, -0.2) is 4.98 Å². The number of nitrogens with one attached hydrogen (secondary N) is 1. The Balaban J connectivity index is 2.11. The molecule has 2 aromatic rings. The summed E-state index contributed by atoms with van der Waals surface area (Å²) in [6.45, 7) is 7.86. The van der Waals surface area contributed by atoms with Gasteiger partial charge in [-0.1, -0.05) is 39.0 Å². The van der Waals surface area contributed by atoms with Crippen LogP contribution in [0.25, 0.3) is 0 Å². The van der Waals surface area contributed by atoms with Crippen molar-refractivity contribution in [2.75, 3.05) is 18.4 Å². The van der Waals surface area contributed by atoms with Crippen molar-refractivity contribution in [3.63, 3.8) is 0 Å². The summed E-state index contributed by atoms with van der Waals surface area (Å²) in [4.78, 5) is 18.8. The highest BCUT2D eigenvalue weighted by Gasteiger charge is 2.15. The second-order valence-corrected chi connectivity index (χ2v) is 5.86. The summed E-state index contributed by atoms with van der Waals surface area (Å²) in [7, 11) is 0. The number of hydrogen-bond donors (Lipinski definition) is 1. The van der Waals surface area contributed by atoms with Crippen LogP contribution in [0.5, 0.6) is 0 Å². The zero-order valence-electron chi connectivity index (χ0n) is 14.9. The molecule has 0 spiro atoms. The van der Waals surface area contributed by atoms with Gasteiger partial charge in [0.2, 0.25) is 0 Å². The van der Waals surface area contributed by atoms with E-state index in [0.717, 1.165) is 43.7 Å². The molecule has 24 heavy (non-hydrogen) atoms. The van der Waals surface area contributed by atoms with Gasteiger partial charge < -0.3 is 10.2 Å². The molecule has 0 bridgehead atoms. The molecule has 0 unspecified atom stereocenters. The van der Waals surface area contributed by atoms with E-state index in [-0.39, 0.29) is 5.91 Å². The molecule has 0 aliphatic rings. The Morgan fingerprint density at radius 1 is 1.04 bits per heavy atom. The Morgan fingerprint density at radius 2 is 1.75 bits per heavy atom. The van der Waals surface area contributed by atoms with Crippen molar-refractivity contribution < 1.29 is 4.79 Å². The molecule has 0 saturated carbocycles. The normalized spacial score (nSPS) is 10.5. The van der Waals surface area contributed by atoms with Crippen LogP contribution in [0.3, 0.4) is 0 Å². The highest BCUT2D eigenvalue weighted by atomic mass is 16.2. The summed E-state index contributed by atoms with van der Waals surface area (Å²) in [5.41, 5.74) is 3.74. The molecule has 0 aliphatic carbocycles. The van der Waals surface area contributed by atoms with Crippen LogP contribution in [-0.2, 0) is 6.42 Å². The summed E-state index contributed by atoms with van der Waals surface area (Å²) < 4.78 is 0. The number of amides is 1. The lowest BCUT2D eigenvalue weighted by Gasteiger charge is -2.21. The zero-order chi connectivity index (χ0) is 17.4. The van der Waals surface area contributed by atoms with E-state index in [1.54, 1.807) is 12.3 Å². The summed E-state index contributed by atoms with van der Waals surface area (Å²) in [6, 6.07) is 11.9. The minimum atomic E-state index is 0.0132. The molecule has 1 aromatic heterocycles. The van der Waals surface area contributed by atoms with Crippen molar-refractivity contribution >= 4 is 17.3 Å². The van der Waals surface area contributed by atoms with Crippen LogP contribution < -0.4 is 5.32 Å². The molecular formula is C20H27N3O. The molecule has 0 radical (unpaired) electrons. The summed E-state index contributed by atoms with van der Waals surface area (Å²) >= 11 is 0. The van der Waals surface area contributed by atoms with Gasteiger partial charge in [-0.05, 0) is 43.0 Å². The topological polar surface area (TPSA) is 45.2 Å². The zero-order valence-corrected chi connectivity index (χ0v) is 14.9. The predicted octanol–water partition coefficient (Wildman–Crippen LogP) is 4.65. The lowest BCUT2D eigenvalue weighted by atomic mass is 10.1. The first-order valence-electron chi connectivity index (χ1n) is 8.79. The van der Waals surface area contributed by atoms with Crippen LogP contribution >= 0.6 is 0 Å². The van der Waals surface area contributed by atoms with Crippen LogP contribution in [0.1, 0.15) is 49.7 Å². The van der Waals surface area contributed by atoms with Crippen molar-refractivity contribution in [1.82, 2.24) is 9.88 Å². The molecule has 0 saturated heterocycles. The maximum Gasteiger partial charge on any atom is 0.272 e. The molecule has 1 N–H and O–H groups in total. The molecular weight excluding hydrogens is 298 g/mol. The van der Waals surface area contributed by atoms with Crippen LogP contribution in [-0.4, -0.2) is 28.9 Å². The number of benzene rings is 1. The van der Waals surface area contributed by atoms with Crippen molar-refractivity contribution in [3.8, 4) is 0 Å². The first kappa shape index (κ1) is 18.0. The minimum absolute atomic E-state index is 0.0132. The van der Waals surface area contributed by atoms with Gasteiger partial charge in [0.05, 0.1) is 11.9 Å². The number of carbonyl (C=O) groups is 1. The highest BCUT2D eigenvalue weighted by molar-refractivity contribution is 5.92. The monoisotopic (exact) mass is 325 g/mol. The van der Waals surface area contributed by atoms with Crippen molar-refractivity contribution in [1.29, 1.82) is 0 Å². The fraction of sp³-hybridized carbons (Fsp3) is 0.400. The standard InChI is InChI=1S/C20H27N3O/c1-4-13-23(14-5-2)20(24)19-12-11-17(15-21-19)22-18-10-8-7-9-16(18)6-3/h7-12,15,22H,4-6,13-14H2,1-3H3. The van der Waals surface area contributed by atoms with E-state index in [1.807, 2.05) is 23.1 Å². The number of aryl methyl sites for hydroxylation is 1. The van der Waals surface area contributed by atoms with E-state index in [1.165, 1.54) is 5.56 Å². The molecule has 4 nitrogen and oxygen atoms in total.